The number of nitrogens with zero attached hydrogens (tertiary/aromatic N) is 3. The molecule has 0 aliphatic carbocycles. The molecule has 2 rings (SSSR count). The van der Waals surface area contributed by atoms with Crippen LogP contribution >= 0.6 is 11.8 Å². The van der Waals surface area contributed by atoms with Crippen molar-refractivity contribution in [3.8, 4) is 0 Å². The molecule has 0 aromatic carbocycles. The van der Waals surface area contributed by atoms with Crippen molar-refractivity contribution in [2.75, 3.05) is 24.6 Å². The average molecular weight is 254 g/mol. The van der Waals surface area contributed by atoms with Crippen LogP contribution in [-0.4, -0.2) is 45.3 Å². The Bertz CT molecular complexity index is 377. The lowest BCUT2D eigenvalue weighted by Crippen LogP contribution is -2.45. The predicted molar refractivity (Wildman–Crippen MR) is 73.2 cm³/mol. The molecule has 1 aliphatic rings. The van der Waals surface area contributed by atoms with E-state index in [4.69, 9.17) is 5.73 Å². The van der Waals surface area contributed by atoms with Crippen molar-refractivity contribution in [3.05, 3.63) is 17.5 Å². The van der Waals surface area contributed by atoms with E-state index in [9.17, 15) is 0 Å². The molecule has 2 N–H and O–H groups in total. The van der Waals surface area contributed by atoms with Gasteiger partial charge in [-0.3, -0.25) is 9.58 Å². The number of thioether (sulfide) groups is 1. The lowest BCUT2D eigenvalue weighted by atomic mass is 10.0. The SMILES string of the molecule is Cc1nn(C)cc1C(CN)N1CCSCC1C. The standard InChI is InChI=1S/C12H22N4S/c1-9-8-17-5-4-16(9)12(6-13)11-7-15(3)14-10(11)2/h7,9,12H,4-6,8,13H2,1-3H3. The van der Waals surface area contributed by atoms with Gasteiger partial charge in [0.2, 0.25) is 0 Å². The normalized spacial score (nSPS) is 23.9. The van der Waals surface area contributed by atoms with Crippen LogP contribution in [0.3, 0.4) is 0 Å². The van der Waals surface area contributed by atoms with Gasteiger partial charge in [0.15, 0.2) is 0 Å². The van der Waals surface area contributed by atoms with Gasteiger partial charge >= 0.3 is 0 Å². The highest BCUT2D eigenvalue weighted by Gasteiger charge is 2.28. The zero-order valence-electron chi connectivity index (χ0n) is 10.9. The molecule has 1 aliphatic heterocycles. The molecule has 0 bridgehead atoms. The Hall–Kier alpha value is -0.520. The van der Waals surface area contributed by atoms with Crippen molar-refractivity contribution in [2.45, 2.75) is 25.9 Å². The van der Waals surface area contributed by atoms with Crippen molar-refractivity contribution in [3.63, 3.8) is 0 Å². The minimum Gasteiger partial charge on any atom is -0.329 e. The quantitative estimate of drug-likeness (QED) is 0.879. The third-order valence-corrected chi connectivity index (χ3v) is 4.64. The highest BCUT2D eigenvalue weighted by Crippen LogP contribution is 2.28. The monoisotopic (exact) mass is 254 g/mol. The summed E-state index contributed by atoms with van der Waals surface area (Å²) in [4.78, 5) is 2.53. The first-order valence-corrected chi connectivity index (χ1v) is 7.32. The molecule has 1 fully saturated rings. The van der Waals surface area contributed by atoms with Crippen molar-refractivity contribution in [1.82, 2.24) is 14.7 Å². The van der Waals surface area contributed by atoms with Gasteiger partial charge < -0.3 is 5.73 Å². The van der Waals surface area contributed by atoms with Gasteiger partial charge in [0, 0.05) is 49.4 Å². The molecule has 5 heteroatoms. The lowest BCUT2D eigenvalue weighted by Gasteiger charge is -2.38. The van der Waals surface area contributed by atoms with Gasteiger partial charge in [0.05, 0.1) is 11.7 Å². The second-order valence-electron chi connectivity index (χ2n) is 4.76. The van der Waals surface area contributed by atoms with Gasteiger partial charge in [0.1, 0.15) is 0 Å². The number of aromatic nitrogens is 2. The topological polar surface area (TPSA) is 47.1 Å². The Balaban J connectivity index is 2.23. The van der Waals surface area contributed by atoms with Crippen LogP contribution in [0.15, 0.2) is 6.20 Å². The molecule has 96 valence electrons. The third kappa shape index (κ3) is 2.67. The first-order valence-electron chi connectivity index (χ1n) is 6.17. The van der Waals surface area contributed by atoms with Gasteiger partial charge in [-0.2, -0.15) is 16.9 Å². The molecule has 1 saturated heterocycles. The number of aryl methyl sites for hydroxylation is 2. The average Bonchev–Trinajstić information content (AvgIpc) is 2.62. The highest BCUT2D eigenvalue weighted by atomic mass is 32.2. The van der Waals surface area contributed by atoms with Crippen LogP contribution in [0, 0.1) is 6.92 Å². The number of hydrogen-bond acceptors (Lipinski definition) is 4. The summed E-state index contributed by atoms with van der Waals surface area (Å²) < 4.78 is 1.89. The van der Waals surface area contributed by atoms with Crippen molar-refractivity contribution in [1.29, 1.82) is 0 Å². The smallest absolute Gasteiger partial charge is 0.0641 e. The molecular weight excluding hydrogens is 232 g/mol. The van der Waals surface area contributed by atoms with Gasteiger partial charge in [-0.25, -0.2) is 0 Å². The maximum atomic E-state index is 5.99. The Morgan fingerprint density at radius 3 is 2.94 bits per heavy atom. The molecule has 2 heterocycles. The minimum absolute atomic E-state index is 0.319. The Morgan fingerprint density at radius 2 is 2.41 bits per heavy atom. The summed E-state index contributed by atoms with van der Waals surface area (Å²) in [7, 11) is 1.97. The summed E-state index contributed by atoms with van der Waals surface area (Å²) in [5.41, 5.74) is 8.38. The van der Waals surface area contributed by atoms with E-state index in [1.54, 1.807) is 0 Å². The minimum atomic E-state index is 0.319. The van der Waals surface area contributed by atoms with E-state index < -0.39 is 0 Å². The van der Waals surface area contributed by atoms with Gasteiger partial charge in [-0.15, -0.1) is 0 Å². The number of rotatable bonds is 3. The van der Waals surface area contributed by atoms with E-state index in [-0.39, 0.29) is 0 Å². The molecule has 17 heavy (non-hydrogen) atoms. The van der Waals surface area contributed by atoms with Crippen molar-refractivity contribution < 1.29 is 0 Å². The largest absolute Gasteiger partial charge is 0.329 e. The Kier molecular flexibility index (Phi) is 4.12. The van der Waals surface area contributed by atoms with E-state index >= 15 is 0 Å². The van der Waals surface area contributed by atoms with Crippen LogP contribution in [0.2, 0.25) is 0 Å². The van der Waals surface area contributed by atoms with E-state index in [1.165, 1.54) is 17.1 Å². The molecule has 1 aromatic rings. The highest BCUT2D eigenvalue weighted by molar-refractivity contribution is 7.99. The first kappa shape index (κ1) is 12.9. The van der Waals surface area contributed by atoms with Crippen LogP contribution in [0.1, 0.15) is 24.2 Å². The van der Waals surface area contributed by atoms with Crippen LogP contribution in [-0.2, 0) is 7.05 Å². The Labute approximate surface area is 108 Å². The van der Waals surface area contributed by atoms with Crippen LogP contribution in [0.25, 0.3) is 0 Å². The number of nitrogens with two attached hydrogens (primary N) is 1. The Morgan fingerprint density at radius 1 is 1.65 bits per heavy atom. The second-order valence-corrected chi connectivity index (χ2v) is 5.91. The third-order valence-electron chi connectivity index (χ3n) is 3.45. The van der Waals surface area contributed by atoms with Crippen LogP contribution in [0.5, 0.6) is 0 Å². The molecule has 0 spiro atoms. The zero-order valence-corrected chi connectivity index (χ0v) is 11.7. The van der Waals surface area contributed by atoms with Crippen LogP contribution in [0.4, 0.5) is 0 Å². The molecule has 2 atom stereocenters. The van der Waals surface area contributed by atoms with Crippen molar-refractivity contribution >= 4 is 11.8 Å². The summed E-state index contributed by atoms with van der Waals surface area (Å²) in [6.45, 7) is 6.16. The fourth-order valence-electron chi connectivity index (χ4n) is 2.59. The van der Waals surface area contributed by atoms with E-state index in [1.807, 2.05) is 23.5 Å². The predicted octanol–water partition coefficient (Wildman–Crippen LogP) is 1.17. The lowest BCUT2D eigenvalue weighted by molar-refractivity contribution is 0.165. The molecule has 2 unspecified atom stereocenters. The first-order chi connectivity index (χ1) is 8.13. The van der Waals surface area contributed by atoms with Crippen LogP contribution < -0.4 is 5.73 Å². The molecule has 4 nitrogen and oxygen atoms in total. The number of hydrogen-bond donors (Lipinski definition) is 1. The molecule has 0 amide bonds. The summed E-state index contributed by atoms with van der Waals surface area (Å²) in [5.74, 6) is 2.41. The summed E-state index contributed by atoms with van der Waals surface area (Å²) in [5, 5.41) is 4.43. The van der Waals surface area contributed by atoms with Gasteiger partial charge in [0.25, 0.3) is 0 Å². The zero-order chi connectivity index (χ0) is 12.4. The van der Waals surface area contributed by atoms with Gasteiger partial charge in [-0.05, 0) is 13.8 Å². The summed E-state index contributed by atoms with van der Waals surface area (Å²) >= 11 is 2.04. The summed E-state index contributed by atoms with van der Waals surface area (Å²) in [6, 6.07) is 0.918. The maximum Gasteiger partial charge on any atom is 0.0641 e. The fraction of sp³-hybridized carbons (Fsp3) is 0.750. The molecular formula is C12H22N4S. The molecule has 1 aromatic heterocycles. The van der Waals surface area contributed by atoms with E-state index in [0.29, 0.717) is 18.6 Å². The van der Waals surface area contributed by atoms with E-state index in [0.717, 1.165) is 12.2 Å². The fourth-order valence-corrected chi connectivity index (χ4v) is 3.63. The summed E-state index contributed by atoms with van der Waals surface area (Å²) in [6.07, 6.45) is 2.11. The molecule has 0 radical (unpaired) electrons. The molecule has 0 saturated carbocycles. The second kappa shape index (κ2) is 5.42. The van der Waals surface area contributed by atoms with Gasteiger partial charge in [-0.1, -0.05) is 0 Å². The van der Waals surface area contributed by atoms with E-state index in [2.05, 4.69) is 30.0 Å². The van der Waals surface area contributed by atoms with Crippen molar-refractivity contribution in [2.24, 2.45) is 12.8 Å². The maximum absolute atomic E-state index is 5.99.